The van der Waals surface area contributed by atoms with Gasteiger partial charge < -0.3 is 23.4 Å². The number of thiocarbonyl (C=S) groups is 1. The van der Waals surface area contributed by atoms with E-state index in [-0.39, 0.29) is 23.1 Å². The smallest absolute Gasteiger partial charge is 0.373 e. The molecule has 2 heterocycles. The molecule has 10 nitrogen and oxygen atoms in total. The average Bonchev–Trinajstić information content (AvgIpc) is 3.39. The molecule has 0 radical (unpaired) electrons. The molecular formula is C27H24N2O8S. The van der Waals surface area contributed by atoms with Crippen molar-refractivity contribution in [2.75, 3.05) is 25.7 Å². The van der Waals surface area contributed by atoms with E-state index < -0.39 is 17.8 Å². The number of nitrogens with zero attached hydrogens (tertiary/aromatic N) is 1. The van der Waals surface area contributed by atoms with E-state index in [2.05, 4.69) is 10.1 Å². The van der Waals surface area contributed by atoms with Crippen molar-refractivity contribution in [2.45, 2.75) is 13.5 Å². The molecule has 0 spiro atoms. The highest BCUT2D eigenvalue weighted by atomic mass is 32.1. The Balaban J connectivity index is 1.55. The first kappa shape index (κ1) is 26.4. The van der Waals surface area contributed by atoms with Gasteiger partial charge in [0, 0.05) is 6.07 Å². The number of anilines is 1. The minimum atomic E-state index is -0.615. The van der Waals surface area contributed by atoms with Crippen molar-refractivity contribution >= 4 is 46.9 Å². The fraction of sp³-hybridized carbons (Fsp3) is 0.185. The van der Waals surface area contributed by atoms with Crippen LogP contribution in [0.3, 0.4) is 0 Å². The van der Waals surface area contributed by atoms with Gasteiger partial charge in [0.2, 0.25) is 5.76 Å². The first-order chi connectivity index (χ1) is 18.3. The number of hydrogen-bond donors (Lipinski definition) is 1. The minimum Gasteiger partial charge on any atom is -0.494 e. The highest BCUT2D eigenvalue weighted by Crippen LogP contribution is 2.31. The van der Waals surface area contributed by atoms with E-state index in [1.54, 1.807) is 48.5 Å². The molecule has 0 bridgehead atoms. The number of ether oxygens (including phenoxy) is 4. The summed E-state index contributed by atoms with van der Waals surface area (Å²) in [6, 6.07) is 14.9. The van der Waals surface area contributed by atoms with Crippen LogP contribution in [0.1, 0.15) is 28.8 Å². The number of carbonyl (C=O) groups is 3. The number of methoxy groups -OCH3 is 2. The largest absolute Gasteiger partial charge is 0.494 e. The summed E-state index contributed by atoms with van der Waals surface area (Å²) in [7, 11) is 2.73. The van der Waals surface area contributed by atoms with Gasteiger partial charge in [0.1, 0.15) is 23.7 Å². The fourth-order valence-corrected chi connectivity index (χ4v) is 3.93. The van der Waals surface area contributed by atoms with Crippen molar-refractivity contribution < 1.29 is 37.7 Å². The Morgan fingerprint density at radius 1 is 1.05 bits per heavy atom. The molecule has 1 N–H and O–H groups in total. The Labute approximate surface area is 223 Å². The third-order valence-corrected chi connectivity index (χ3v) is 5.69. The summed E-state index contributed by atoms with van der Waals surface area (Å²) in [4.78, 5) is 38.8. The van der Waals surface area contributed by atoms with Gasteiger partial charge in [-0.05, 0) is 67.2 Å². The number of furan rings is 1. The Morgan fingerprint density at radius 3 is 2.61 bits per heavy atom. The zero-order valence-electron chi connectivity index (χ0n) is 20.8. The van der Waals surface area contributed by atoms with Gasteiger partial charge in [-0.2, -0.15) is 0 Å². The van der Waals surface area contributed by atoms with Gasteiger partial charge in [0.25, 0.3) is 11.8 Å². The molecule has 0 saturated carbocycles. The molecule has 196 valence electrons. The topological polar surface area (TPSA) is 117 Å². The van der Waals surface area contributed by atoms with Crippen LogP contribution in [0.4, 0.5) is 5.69 Å². The lowest BCUT2D eigenvalue weighted by Gasteiger charge is -2.29. The second kappa shape index (κ2) is 11.6. The zero-order valence-corrected chi connectivity index (χ0v) is 21.6. The molecule has 0 atom stereocenters. The van der Waals surface area contributed by atoms with E-state index in [4.69, 9.17) is 30.8 Å². The van der Waals surface area contributed by atoms with E-state index in [0.717, 1.165) is 0 Å². The molecule has 0 unspecified atom stereocenters. The molecule has 1 saturated heterocycles. The summed E-state index contributed by atoms with van der Waals surface area (Å²) >= 11 is 5.27. The van der Waals surface area contributed by atoms with Gasteiger partial charge in [0.15, 0.2) is 16.6 Å². The first-order valence-corrected chi connectivity index (χ1v) is 11.9. The van der Waals surface area contributed by atoms with E-state index in [1.165, 1.54) is 31.3 Å². The summed E-state index contributed by atoms with van der Waals surface area (Å²) in [5.41, 5.74) is 0.878. The maximum absolute atomic E-state index is 13.3. The Kier molecular flexibility index (Phi) is 8.07. The van der Waals surface area contributed by atoms with Crippen LogP contribution in [-0.4, -0.2) is 43.7 Å². The second-order valence-electron chi connectivity index (χ2n) is 7.84. The number of hydrogen-bond acceptors (Lipinski definition) is 9. The highest BCUT2D eigenvalue weighted by molar-refractivity contribution is 7.80. The highest BCUT2D eigenvalue weighted by Gasteiger charge is 2.34. The van der Waals surface area contributed by atoms with Crippen molar-refractivity contribution in [1.29, 1.82) is 0 Å². The third kappa shape index (κ3) is 5.68. The second-order valence-corrected chi connectivity index (χ2v) is 8.23. The van der Waals surface area contributed by atoms with Gasteiger partial charge in [-0.25, -0.2) is 4.79 Å². The Morgan fingerprint density at radius 2 is 1.87 bits per heavy atom. The predicted molar refractivity (Wildman–Crippen MR) is 141 cm³/mol. The first-order valence-electron chi connectivity index (χ1n) is 11.5. The average molecular weight is 537 g/mol. The monoisotopic (exact) mass is 536 g/mol. The lowest BCUT2D eigenvalue weighted by atomic mass is 10.1. The summed E-state index contributed by atoms with van der Waals surface area (Å²) in [5, 5.41) is 2.53. The molecule has 1 aliphatic heterocycles. The Hall–Kier alpha value is -4.64. The molecule has 38 heavy (non-hydrogen) atoms. The molecule has 1 aromatic heterocycles. The van der Waals surface area contributed by atoms with Gasteiger partial charge in [-0.1, -0.05) is 12.1 Å². The summed E-state index contributed by atoms with van der Waals surface area (Å²) in [6.45, 7) is 2.34. The standard InChI is InChI=1S/C27H24N2O8S/c1-4-35-18-7-5-6-17(14-18)29-25(31)20(24(30)28-27(29)38)12-16-8-10-21(23(13-16)33-2)36-15-19-9-11-22(37-19)26(32)34-3/h5-14H,4,15H2,1-3H3,(H,28,30,38)/b20-12-. The molecule has 11 heteroatoms. The van der Waals surface area contributed by atoms with Crippen LogP contribution in [0.25, 0.3) is 6.08 Å². The number of amides is 2. The lowest BCUT2D eigenvalue weighted by molar-refractivity contribution is -0.122. The molecule has 0 aliphatic carbocycles. The molecular weight excluding hydrogens is 512 g/mol. The van der Waals surface area contributed by atoms with E-state index in [0.29, 0.717) is 40.9 Å². The van der Waals surface area contributed by atoms with Crippen molar-refractivity contribution in [3.63, 3.8) is 0 Å². The molecule has 1 fully saturated rings. The van der Waals surface area contributed by atoms with E-state index in [9.17, 15) is 14.4 Å². The van der Waals surface area contributed by atoms with Crippen molar-refractivity contribution in [2.24, 2.45) is 0 Å². The zero-order chi connectivity index (χ0) is 27.2. The van der Waals surface area contributed by atoms with Gasteiger partial charge in [-0.15, -0.1) is 0 Å². The molecule has 2 amide bonds. The van der Waals surface area contributed by atoms with Crippen LogP contribution in [0, 0.1) is 0 Å². The lowest BCUT2D eigenvalue weighted by Crippen LogP contribution is -2.54. The van der Waals surface area contributed by atoms with Gasteiger partial charge >= 0.3 is 5.97 Å². The molecule has 3 aromatic rings. The van der Waals surface area contributed by atoms with Crippen LogP contribution in [0.5, 0.6) is 17.2 Å². The van der Waals surface area contributed by atoms with Gasteiger partial charge in [-0.3, -0.25) is 19.8 Å². The molecule has 2 aromatic carbocycles. The van der Waals surface area contributed by atoms with Crippen molar-refractivity contribution in [3.8, 4) is 17.2 Å². The SMILES string of the molecule is CCOc1cccc(N2C(=O)/C(=C\c3ccc(OCc4ccc(C(=O)OC)o4)c(OC)c3)C(=O)NC2=S)c1. The van der Waals surface area contributed by atoms with Crippen LogP contribution in [0.15, 0.2) is 64.6 Å². The van der Waals surface area contributed by atoms with Crippen molar-refractivity contribution in [3.05, 3.63) is 77.3 Å². The number of benzene rings is 2. The van der Waals surface area contributed by atoms with Crippen molar-refractivity contribution in [1.82, 2.24) is 5.32 Å². The van der Waals surface area contributed by atoms with Crippen LogP contribution >= 0.6 is 12.2 Å². The predicted octanol–water partition coefficient (Wildman–Crippen LogP) is 3.88. The minimum absolute atomic E-state index is 0.0274. The molecule has 4 rings (SSSR count). The fourth-order valence-electron chi connectivity index (χ4n) is 3.65. The van der Waals surface area contributed by atoms with Crippen LogP contribution in [-0.2, 0) is 20.9 Å². The summed E-state index contributed by atoms with van der Waals surface area (Å²) in [5.74, 6) is 0.0105. The van der Waals surface area contributed by atoms with E-state index in [1.807, 2.05) is 6.92 Å². The normalized spacial score (nSPS) is 14.3. The quantitative estimate of drug-likeness (QED) is 0.188. The van der Waals surface area contributed by atoms with Crippen LogP contribution in [0.2, 0.25) is 0 Å². The number of carbonyl (C=O) groups excluding carboxylic acids is 3. The Bertz CT molecular complexity index is 1430. The summed E-state index contributed by atoms with van der Waals surface area (Å²) < 4.78 is 26.7. The third-order valence-electron chi connectivity index (χ3n) is 5.41. The molecule has 1 aliphatic rings. The number of esters is 1. The number of nitrogens with one attached hydrogen (secondary N) is 1. The summed E-state index contributed by atoms with van der Waals surface area (Å²) in [6.07, 6.45) is 1.44. The number of rotatable bonds is 9. The van der Waals surface area contributed by atoms with E-state index >= 15 is 0 Å². The maximum Gasteiger partial charge on any atom is 0.373 e. The van der Waals surface area contributed by atoms with Gasteiger partial charge in [0.05, 0.1) is 26.5 Å². The van der Waals surface area contributed by atoms with Crippen LogP contribution < -0.4 is 24.4 Å². The maximum atomic E-state index is 13.3.